The second kappa shape index (κ2) is 6.76. The maximum Gasteiger partial charge on any atom is 0.119 e. The molecule has 19 heavy (non-hydrogen) atoms. The summed E-state index contributed by atoms with van der Waals surface area (Å²) in [6.07, 6.45) is 0. The lowest BCUT2D eigenvalue weighted by Gasteiger charge is -2.19. The third-order valence-electron chi connectivity index (χ3n) is 3.27. The van der Waals surface area contributed by atoms with Crippen LogP contribution in [0.25, 0.3) is 0 Å². The average Bonchev–Trinajstić information content (AvgIpc) is 2.48. The zero-order chi connectivity index (χ0) is 13.7. The molecule has 0 radical (unpaired) electrons. The molecule has 0 aliphatic rings. The molecule has 2 aromatic rings. The van der Waals surface area contributed by atoms with E-state index in [2.05, 4.69) is 65.3 Å². The molecule has 100 valence electrons. The maximum absolute atomic E-state index is 5.47. The third kappa shape index (κ3) is 3.60. The predicted molar refractivity (Wildman–Crippen MR) is 84.1 cm³/mol. The fourth-order valence-corrected chi connectivity index (χ4v) is 2.74. The number of hydrogen-bond donors (Lipinski definition) is 0. The fraction of sp³-hybridized carbons (Fsp3) is 0.294. The van der Waals surface area contributed by atoms with Crippen molar-refractivity contribution in [3.8, 4) is 5.75 Å². The van der Waals surface area contributed by atoms with Crippen molar-refractivity contribution >= 4 is 15.9 Å². The minimum atomic E-state index is 0.311. The summed E-state index contributed by atoms with van der Waals surface area (Å²) >= 11 is 3.81. The third-order valence-corrected chi connectivity index (χ3v) is 4.60. The van der Waals surface area contributed by atoms with Crippen LogP contribution in [0.3, 0.4) is 0 Å². The van der Waals surface area contributed by atoms with Crippen LogP contribution in [0.1, 0.15) is 35.7 Å². The zero-order valence-corrected chi connectivity index (χ0v) is 12.9. The molecule has 0 spiro atoms. The van der Waals surface area contributed by atoms with Gasteiger partial charge in [-0.2, -0.15) is 0 Å². The number of benzene rings is 2. The maximum atomic E-state index is 5.47. The SMILES string of the molecule is CCOc1ccc(C(Br)C(C)c2ccccc2)cc1. The molecule has 2 heteroatoms. The molecule has 2 rings (SSSR count). The van der Waals surface area contributed by atoms with E-state index in [1.807, 2.05) is 19.1 Å². The van der Waals surface area contributed by atoms with Gasteiger partial charge < -0.3 is 4.74 Å². The zero-order valence-electron chi connectivity index (χ0n) is 11.3. The van der Waals surface area contributed by atoms with E-state index < -0.39 is 0 Å². The highest BCUT2D eigenvalue weighted by atomic mass is 79.9. The molecule has 0 N–H and O–H groups in total. The van der Waals surface area contributed by atoms with Gasteiger partial charge in [0, 0.05) is 4.83 Å². The second-order valence-electron chi connectivity index (χ2n) is 4.60. The van der Waals surface area contributed by atoms with Crippen molar-refractivity contribution in [1.29, 1.82) is 0 Å². The molecule has 0 aromatic heterocycles. The van der Waals surface area contributed by atoms with Crippen molar-refractivity contribution in [2.75, 3.05) is 6.61 Å². The van der Waals surface area contributed by atoms with Crippen molar-refractivity contribution in [2.24, 2.45) is 0 Å². The molecule has 0 aliphatic carbocycles. The Balaban J connectivity index is 2.12. The lowest BCUT2D eigenvalue weighted by Crippen LogP contribution is -2.02. The molecule has 0 bridgehead atoms. The summed E-state index contributed by atoms with van der Waals surface area (Å²) in [5.41, 5.74) is 2.62. The first-order chi connectivity index (χ1) is 9.22. The Morgan fingerprint density at radius 1 is 0.947 bits per heavy atom. The molecular weight excluding hydrogens is 300 g/mol. The van der Waals surface area contributed by atoms with Crippen LogP contribution >= 0.6 is 15.9 Å². The normalized spacial score (nSPS) is 13.8. The van der Waals surface area contributed by atoms with E-state index in [0.717, 1.165) is 5.75 Å². The van der Waals surface area contributed by atoms with Gasteiger partial charge in [-0.3, -0.25) is 0 Å². The van der Waals surface area contributed by atoms with E-state index in [9.17, 15) is 0 Å². The van der Waals surface area contributed by atoms with E-state index in [-0.39, 0.29) is 0 Å². The first kappa shape index (κ1) is 14.1. The minimum absolute atomic E-state index is 0.311. The van der Waals surface area contributed by atoms with Gasteiger partial charge in [0.05, 0.1) is 6.61 Å². The van der Waals surface area contributed by atoms with Crippen LogP contribution in [0.2, 0.25) is 0 Å². The fourth-order valence-electron chi connectivity index (χ4n) is 2.13. The largest absolute Gasteiger partial charge is 0.494 e. The first-order valence-corrected chi connectivity index (χ1v) is 7.55. The van der Waals surface area contributed by atoms with E-state index in [4.69, 9.17) is 4.74 Å². The Morgan fingerprint density at radius 3 is 2.16 bits per heavy atom. The number of ether oxygens (including phenoxy) is 1. The highest BCUT2D eigenvalue weighted by molar-refractivity contribution is 9.09. The Bertz CT molecular complexity index is 492. The van der Waals surface area contributed by atoms with Crippen LogP contribution in [0, 0.1) is 0 Å². The summed E-state index contributed by atoms with van der Waals surface area (Å²) in [5, 5.41) is 0. The topological polar surface area (TPSA) is 9.23 Å². The molecule has 0 saturated heterocycles. The van der Waals surface area contributed by atoms with Crippen LogP contribution in [-0.2, 0) is 0 Å². The smallest absolute Gasteiger partial charge is 0.119 e. The molecule has 1 nitrogen and oxygen atoms in total. The van der Waals surface area contributed by atoms with Gasteiger partial charge in [-0.1, -0.05) is 65.3 Å². The lowest BCUT2D eigenvalue weighted by atomic mass is 9.94. The van der Waals surface area contributed by atoms with Crippen LogP contribution in [0.4, 0.5) is 0 Å². The van der Waals surface area contributed by atoms with Crippen molar-refractivity contribution in [3.63, 3.8) is 0 Å². The van der Waals surface area contributed by atoms with Gasteiger partial charge in [0.25, 0.3) is 0 Å². The van der Waals surface area contributed by atoms with E-state index >= 15 is 0 Å². The van der Waals surface area contributed by atoms with Crippen molar-refractivity contribution in [2.45, 2.75) is 24.6 Å². The van der Waals surface area contributed by atoms with Crippen molar-refractivity contribution in [1.82, 2.24) is 0 Å². The van der Waals surface area contributed by atoms with Crippen LogP contribution in [-0.4, -0.2) is 6.61 Å². The van der Waals surface area contributed by atoms with Gasteiger partial charge >= 0.3 is 0 Å². The quantitative estimate of drug-likeness (QED) is 0.677. The lowest BCUT2D eigenvalue weighted by molar-refractivity contribution is 0.340. The first-order valence-electron chi connectivity index (χ1n) is 6.64. The molecule has 2 unspecified atom stereocenters. The van der Waals surface area contributed by atoms with Gasteiger partial charge in [-0.25, -0.2) is 0 Å². The van der Waals surface area contributed by atoms with Gasteiger partial charge in [0.1, 0.15) is 5.75 Å². The second-order valence-corrected chi connectivity index (χ2v) is 5.59. The van der Waals surface area contributed by atoms with Crippen LogP contribution in [0.5, 0.6) is 5.75 Å². The molecule has 0 saturated carbocycles. The van der Waals surface area contributed by atoms with E-state index in [1.165, 1.54) is 11.1 Å². The molecule has 0 heterocycles. The number of alkyl halides is 1. The number of hydrogen-bond acceptors (Lipinski definition) is 1. The highest BCUT2D eigenvalue weighted by Crippen LogP contribution is 2.37. The Hall–Kier alpha value is -1.28. The summed E-state index contributed by atoms with van der Waals surface area (Å²) in [5.74, 6) is 1.36. The summed E-state index contributed by atoms with van der Waals surface area (Å²) in [7, 11) is 0. The highest BCUT2D eigenvalue weighted by Gasteiger charge is 2.17. The number of halogens is 1. The molecular formula is C17H19BrO. The summed E-state index contributed by atoms with van der Waals surface area (Å²) in [4.78, 5) is 0.311. The van der Waals surface area contributed by atoms with Crippen molar-refractivity contribution in [3.05, 3.63) is 65.7 Å². The average molecular weight is 319 g/mol. The van der Waals surface area contributed by atoms with E-state index in [0.29, 0.717) is 17.4 Å². The molecule has 0 amide bonds. The predicted octanol–water partition coefficient (Wildman–Crippen LogP) is 5.33. The molecule has 2 atom stereocenters. The van der Waals surface area contributed by atoms with Crippen molar-refractivity contribution < 1.29 is 4.74 Å². The van der Waals surface area contributed by atoms with Gasteiger partial charge in [-0.15, -0.1) is 0 Å². The monoisotopic (exact) mass is 318 g/mol. The van der Waals surface area contributed by atoms with Crippen LogP contribution in [0.15, 0.2) is 54.6 Å². The minimum Gasteiger partial charge on any atom is -0.494 e. The van der Waals surface area contributed by atoms with Crippen LogP contribution < -0.4 is 4.74 Å². The van der Waals surface area contributed by atoms with Gasteiger partial charge in [0.15, 0.2) is 0 Å². The summed E-state index contributed by atoms with van der Waals surface area (Å²) < 4.78 is 5.47. The molecule has 0 aliphatic heterocycles. The van der Waals surface area contributed by atoms with E-state index in [1.54, 1.807) is 0 Å². The standard InChI is InChI=1S/C17H19BrO/c1-3-19-16-11-9-15(10-12-16)17(18)13(2)14-7-5-4-6-8-14/h4-13,17H,3H2,1-2H3. The Labute approximate surface area is 123 Å². The Kier molecular flexibility index (Phi) is 5.03. The Morgan fingerprint density at radius 2 is 1.58 bits per heavy atom. The van der Waals surface area contributed by atoms with Gasteiger partial charge in [0.2, 0.25) is 0 Å². The number of rotatable bonds is 5. The molecule has 0 fully saturated rings. The van der Waals surface area contributed by atoms with Gasteiger partial charge in [-0.05, 0) is 36.1 Å². The molecule has 2 aromatic carbocycles. The summed E-state index contributed by atoms with van der Waals surface area (Å²) in [6.45, 7) is 4.95. The summed E-state index contributed by atoms with van der Waals surface area (Å²) in [6, 6.07) is 18.9.